The summed E-state index contributed by atoms with van der Waals surface area (Å²) in [6.45, 7) is 2.77. The summed E-state index contributed by atoms with van der Waals surface area (Å²) >= 11 is 0. The van der Waals surface area contributed by atoms with Crippen LogP contribution >= 0.6 is 0 Å². The lowest BCUT2D eigenvalue weighted by molar-refractivity contribution is -0.910. The molecule has 0 aromatic carbocycles. The zero-order chi connectivity index (χ0) is 10.2. The Morgan fingerprint density at radius 2 is 1.31 bits per heavy atom. The standard InChI is InChI=1S/C9H22NO3/c1-10(5-8-12,6-9-13)4-2-3-7-11/h11-13H,2-9H2,1H3/q+1. The molecule has 0 aliphatic heterocycles. The van der Waals surface area contributed by atoms with Crippen molar-refractivity contribution in [3.63, 3.8) is 0 Å². The fraction of sp³-hybridized carbons (Fsp3) is 1.00. The number of aliphatic hydroxyl groups is 3. The minimum Gasteiger partial charge on any atom is -0.396 e. The first-order valence-electron chi connectivity index (χ1n) is 4.84. The SMILES string of the molecule is C[N+](CCO)(CCO)CCCCO. The Morgan fingerprint density at radius 3 is 1.69 bits per heavy atom. The summed E-state index contributed by atoms with van der Waals surface area (Å²) in [6, 6.07) is 0. The van der Waals surface area contributed by atoms with E-state index in [-0.39, 0.29) is 19.8 Å². The van der Waals surface area contributed by atoms with Gasteiger partial charge >= 0.3 is 0 Å². The van der Waals surface area contributed by atoms with Gasteiger partial charge < -0.3 is 19.8 Å². The number of nitrogens with zero attached hydrogens (tertiary/aromatic N) is 1. The first kappa shape index (κ1) is 12.8. The summed E-state index contributed by atoms with van der Waals surface area (Å²) in [5, 5.41) is 26.3. The van der Waals surface area contributed by atoms with Crippen molar-refractivity contribution in [2.75, 3.05) is 46.5 Å². The molecule has 0 saturated carbocycles. The van der Waals surface area contributed by atoms with Crippen molar-refractivity contribution in [3.8, 4) is 0 Å². The lowest BCUT2D eigenvalue weighted by atomic mass is 10.2. The van der Waals surface area contributed by atoms with Crippen LogP contribution in [-0.4, -0.2) is 66.3 Å². The largest absolute Gasteiger partial charge is 0.396 e. The van der Waals surface area contributed by atoms with Gasteiger partial charge in [-0.2, -0.15) is 0 Å². The van der Waals surface area contributed by atoms with E-state index in [1.165, 1.54) is 0 Å². The quantitative estimate of drug-likeness (QED) is 0.348. The molecule has 4 heteroatoms. The number of hydrogen-bond donors (Lipinski definition) is 3. The third kappa shape index (κ3) is 5.99. The fourth-order valence-corrected chi connectivity index (χ4v) is 1.42. The zero-order valence-corrected chi connectivity index (χ0v) is 8.45. The molecule has 0 rings (SSSR count). The van der Waals surface area contributed by atoms with Gasteiger partial charge in [0.05, 0.1) is 26.8 Å². The van der Waals surface area contributed by atoms with Crippen LogP contribution in [0, 0.1) is 0 Å². The first-order chi connectivity index (χ1) is 6.18. The maximum Gasteiger partial charge on any atom is 0.102 e. The smallest absolute Gasteiger partial charge is 0.102 e. The topological polar surface area (TPSA) is 60.7 Å². The summed E-state index contributed by atoms with van der Waals surface area (Å²) in [5.41, 5.74) is 0. The minimum atomic E-state index is 0.148. The highest BCUT2D eigenvalue weighted by Gasteiger charge is 2.19. The molecule has 0 unspecified atom stereocenters. The van der Waals surface area contributed by atoms with Gasteiger partial charge in [0.2, 0.25) is 0 Å². The van der Waals surface area contributed by atoms with Crippen LogP contribution in [0.25, 0.3) is 0 Å². The molecule has 0 aromatic rings. The Hall–Kier alpha value is -0.160. The zero-order valence-electron chi connectivity index (χ0n) is 8.45. The van der Waals surface area contributed by atoms with E-state index in [4.69, 9.17) is 15.3 Å². The molecule has 0 saturated heterocycles. The van der Waals surface area contributed by atoms with Crippen LogP contribution in [0.15, 0.2) is 0 Å². The number of quaternary nitrogens is 1. The predicted octanol–water partition coefficient (Wildman–Crippen LogP) is -0.810. The van der Waals surface area contributed by atoms with Crippen LogP contribution in [0.1, 0.15) is 12.8 Å². The van der Waals surface area contributed by atoms with Crippen molar-refractivity contribution in [2.24, 2.45) is 0 Å². The van der Waals surface area contributed by atoms with Gasteiger partial charge in [0, 0.05) is 6.61 Å². The fourth-order valence-electron chi connectivity index (χ4n) is 1.42. The number of likely N-dealkylation sites (N-methyl/N-ethyl adjacent to an activating group) is 1. The molecule has 4 nitrogen and oxygen atoms in total. The van der Waals surface area contributed by atoms with E-state index in [1.807, 2.05) is 7.05 Å². The molecular formula is C9H22NO3+. The van der Waals surface area contributed by atoms with Gasteiger partial charge in [0.25, 0.3) is 0 Å². The molecule has 0 aromatic heterocycles. The van der Waals surface area contributed by atoms with E-state index >= 15 is 0 Å². The third-order valence-electron chi connectivity index (χ3n) is 2.39. The van der Waals surface area contributed by atoms with Crippen LogP contribution in [0.2, 0.25) is 0 Å². The van der Waals surface area contributed by atoms with Crippen molar-refractivity contribution in [1.82, 2.24) is 0 Å². The van der Waals surface area contributed by atoms with Crippen molar-refractivity contribution < 1.29 is 19.8 Å². The van der Waals surface area contributed by atoms with Crippen LogP contribution in [0.3, 0.4) is 0 Å². The maximum absolute atomic E-state index is 8.84. The van der Waals surface area contributed by atoms with Gasteiger partial charge in [-0.05, 0) is 12.8 Å². The van der Waals surface area contributed by atoms with Crippen molar-refractivity contribution in [3.05, 3.63) is 0 Å². The summed E-state index contributed by atoms with van der Waals surface area (Å²) in [5.74, 6) is 0. The third-order valence-corrected chi connectivity index (χ3v) is 2.39. The summed E-state index contributed by atoms with van der Waals surface area (Å²) < 4.78 is 0.688. The molecule has 0 bridgehead atoms. The van der Waals surface area contributed by atoms with Crippen molar-refractivity contribution in [1.29, 1.82) is 0 Å². The van der Waals surface area contributed by atoms with Gasteiger partial charge in [-0.1, -0.05) is 0 Å². The molecule has 0 fully saturated rings. The molecule has 3 N–H and O–H groups in total. The van der Waals surface area contributed by atoms with Crippen LogP contribution in [-0.2, 0) is 0 Å². The number of aliphatic hydroxyl groups excluding tert-OH is 3. The highest BCUT2D eigenvalue weighted by molar-refractivity contribution is 4.42. The van der Waals surface area contributed by atoms with E-state index in [0.29, 0.717) is 17.6 Å². The molecular weight excluding hydrogens is 170 g/mol. The number of hydrogen-bond acceptors (Lipinski definition) is 3. The lowest BCUT2D eigenvalue weighted by Crippen LogP contribution is -2.48. The molecule has 0 amide bonds. The Balaban J connectivity index is 3.76. The van der Waals surface area contributed by atoms with Gasteiger partial charge in [0.1, 0.15) is 13.1 Å². The first-order valence-corrected chi connectivity index (χ1v) is 4.84. The van der Waals surface area contributed by atoms with E-state index in [1.54, 1.807) is 0 Å². The average Bonchev–Trinajstić information content (AvgIpc) is 2.05. The van der Waals surface area contributed by atoms with Gasteiger partial charge in [-0.3, -0.25) is 0 Å². The second-order valence-electron chi connectivity index (χ2n) is 3.67. The van der Waals surface area contributed by atoms with E-state index in [9.17, 15) is 0 Å². The number of unbranched alkanes of at least 4 members (excludes halogenated alkanes) is 1. The summed E-state index contributed by atoms with van der Waals surface area (Å²) in [7, 11) is 2.02. The second kappa shape index (κ2) is 7.26. The van der Waals surface area contributed by atoms with Gasteiger partial charge in [-0.15, -0.1) is 0 Å². The average molecular weight is 192 g/mol. The number of rotatable bonds is 8. The van der Waals surface area contributed by atoms with E-state index in [2.05, 4.69) is 0 Å². The van der Waals surface area contributed by atoms with Crippen LogP contribution in [0.5, 0.6) is 0 Å². The summed E-state index contributed by atoms with van der Waals surface area (Å²) in [6.07, 6.45) is 1.73. The highest BCUT2D eigenvalue weighted by atomic mass is 16.3. The maximum atomic E-state index is 8.84. The minimum absolute atomic E-state index is 0.148. The van der Waals surface area contributed by atoms with Gasteiger partial charge in [-0.25, -0.2) is 0 Å². The van der Waals surface area contributed by atoms with Crippen LogP contribution < -0.4 is 0 Å². The Bertz CT molecular complexity index is 113. The lowest BCUT2D eigenvalue weighted by Gasteiger charge is -2.33. The van der Waals surface area contributed by atoms with E-state index < -0.39 is 0 Å². The normalized spacial score (nSPS) is 12.0. The Kier molecular flexibility index (Phi) is 7.17. The highest BCUT2D eigenvalue weighted by Crippen LogP contribution is 2.04. The van der Waals surface area contributed by atoms with Crippen molar-refractivity contribution >= 4 is 0 Å². The molecule has 0 aliphatic rings. The Labute approximate surface area is 80.0 Å². The van der Waals surface area contributed by atoms with Crippen molar-refractivity contribution in [2.45, 2.75) is 12.8 Å². The molecule has 80 valence electrons. The Morgan fingerprint density at radius 1 is 0.769 bits per heavy atom. The molecule has 0 atom stereocenters. The van der Waals surface area contributed by atoms with Gasteiger partial charge in [0.15, 0.2) is 0 Å². The molecule has 0 radical (unpaired) electrons. The molecule has 0 spiro atoms. The molecule has 13 heavy (non-hydrogen) atoms. The van der Waals surface area contributed by atoms with E-state index in [0.717, 1.165) is 19.4 Å². The molecule has 0 heterocycles. The monoisotopic (exact) mass is 192 g/mol. The predicted molar refractivity (Wildman–Crippen MR) is 51.3 cm³/mol. The summed E-state index contributed by atoms with van der Waals surface area (Å²) in [4.78, 5) is 0. The van der Waals surface area contributed by atoms with Crippen LogP contribution in [0.4, 0.5) is 0 Å². The molecule has 0 aliphatic carbocycles. The second-order valence-corrected chi connectivity index (χ2v) is 3.67.